The predicted octanol–water partition coefficient (Wildman–Crippen LogP) is 2.75. The Morgan fingerprint density at radius 1 is 1.38 bits per heavy atom. The van der Waals surface area contributed by atoms with Gasteiger partial charge in [-0.3, -0.25) is 4.79 Å². The first kappa shape index (κ1) is 12.6. The van der Waals surface area contributed by atoms with E-state index in [4.69, 9.17) is 9.47 Å². The van der Waals surface area contributed by atoms with Crippen LogP contribution >= 0.6 is 0 Å². The normalized spacial score (nSPS) is 11.9. The highest BCUT2D eigenvalue weighted by Gasteiger charge is 2.14. The van der Waals surface area contributed by atoms with E-state index >= 15 is 0 Å². The quantitative estimate of drug-likeness (QED) is 0.719. The Kier molecular flexibility index (Phi) is 4.83. The van der Waals surface area contributed by atoms with Crippen molar-refractivity contribution in [3.63, 3.8) is 0 Å². The molecule has 3 nitrogen and oxygen atoms in total. The zero-order chi connectivity index (χ0) is 12.0. The van der Waals surface area contributed by atoms with Gasteiger partial charge in [-0.25, -0.2) is 0 Å². The molecule has 88 valence electrons. The molecule has 0 aliphatic carbocycles. The third-order valence-electron chi connectivity index (χ3n) is 2.70. The molecule has 0 bridgehead atoms. The van der Waals surface area contributed by atoms with E-state index in [0.29, 0.717) is 6.42 Å². The average molecular weight is 222 g/mol. The van der Waals surface area contributed by atoms with Crippen molar-refractivity contribution in [2.45, 2.75) is 25.7 Å². The molecule has 0 saturated heterocycles. The number of carbonyl (C=O) groups is 1. The molecule has 16 heavy (non-hydrogen) atoms. The molecule has 0 aliphatic rings. The highest BCUT2D eigenvalue weighted by atomic mass is 16.5. The first-order chi connectivity index (χ1) is 7.71. The van der Waals surface area contributed by atoms with Gasteiger partial charge < -0.3 is 9.47 Å². The molecule has 1 aromatic rings. The molecule has 1 aromatic carbocycles. The molecule has 0 spiro atoms. The molecule has 0 saturated carbocycles. The lowest BCUT2D eigenvalue weighted by molar-refractivity contribution is -0.141. The summed E-state index contributed by atoms with van der Waals surface area (Å²) in [6.07, 6.45) is 1.32. The van der Waals surface area contributed by atoms with Crippen LogP contribution in [0, 0.1) is 0 Å². The van der Waals surface area contributed by atoms with Crippen molar-refractivity contribution in [1.29, 1.82) is 0 Å². The van der Waals surface area contributed by atoms with Gasteiger partial charge >= 0.3 is 5.97 Å². The molecular weight excluding hydrogens is 204 g/mol. The Balaban J connectivity index is 2.81. The van der Waals surface area contributed by atoms with E-state index in [1.165, 1.54) is 7.11 Å². The van der Waals surface area contributed by atoms with Gasteiger partial charge in [-0.1, -0.05) is 19.1 Å². The van der Waals surface area contributed by atoms with Gasteiger partial charge in [0, 0.05) is 0 Å². The third-order valence-corrected chi connectivity index (χ3v) is 2.70. The van der Waals surface area contributed by atoms with Crippen molar-refractivity contribution in [3.8, 4) is 5.75 Å². The van der Waals surface area contributed by atoms with Crippen molar-refractivity contribution in [1.82, 2.24) is 0 Å². The zero-order valence-electron chi connectivity index (χ0n) is 10.0. The fourth-order valence-corrected chi connectivity index (χ4v) is 1.68. The summed E-state index contributed by atoms with van der Waals surface area (Å²) < 4.78 is 9.86. The second-order valence-corrected chi connectivity index (χ2v) is 3.66. The summed E-state index contributed by atoms with van der Waals surface area (Å²) in [7, 11) is 3.06. The van der Waals surface area contributed by atoms with Crippen LogP contribution in [0.1, 0.15) is 31.2 Å². The Hall–Kier alpha value is -1.51. The number of hydrogen-bond acceptors (Lipinski definition) is 3. The van der Waals surface area contributed by atoms with Crippen LogP contribution in [0.25, 0.3) is 0 Å². The molecule has 0 N–H and O–H groups in total. The maximum absolute atomic E-state index is 11.3. The largest absolute Gasteiger partial charge is 0.497 e. The predicted molar refractivity (Wildman–Crippen MR) is 62.7 cm³/mol. The summed E-state index contributed by atoms with van der Waals surface area (Å²) in [6.45, 7) is 2.06. The maximum Gasteiger partial charge on any atom is 0.306 e. The Morgan fingerprint density at radius 3 is 2.69 bits per heavy atom. The fraction of sp³-hybridized carbons (Fsp3) is 0.462. The minimum absolute atomic E-state index is 0.172. The summed E-state index contributed by atoms with van der Waals surface area (Å²) in [5.41, 5.74) is 1.12. The second-order valence-electron chi connectivity index (χ2n) is 3.66. The highest BCUT2D eigenvalue weighted by molar-refractivity contribution is 5.70. The summed E-state index contributed by atoms with van der Waals surface area (Å²) in [4.78, 5) is 11.3. The van der Waals surface area contributed by atoms with Crippen molar-refractivity contribution < 1.29 is 14.3 Å². The number of ether oxygens (including phenoxy) is 2. The SMILES string of the molecule is CC[C@@H](CC(=O)OC)c1cccc(OC)c1. The van der Waals surface area contributed by atoms with Crippen molar-refractivity contribution in [3.05, 3.63) is 29.8 Å². The van der Waals surface area contributed by atoms with E-state index < -0.39 is 0 Å². The van der Waals surface area contributed by atoms with Crippen LogP contribution in [0.3, 0.4) is 0 Å². The minimum Gasteiger partial charge on any atom is -0.497 e. The Morgan fingerprint density at radius 2 is 2.12 bits per heavy atom. The van der Waals surface area contributed by atoms with Gasteiger partial charge in [0.15, 0.2) is 0 Å². The van der Waals surface area contributed by atoms with Gasteiger partial charge in [-0.15, -0.1) is 0 Å². The number of carbonyl (C=O) groups excluding carboxylic acids is 1. The summed E-state index contributed by atoms with van der Waals surface area (Å²) in [6, 6.07) is 7.82. The lowest BCUT2D eigenvalue weighted by Gasteiger charge is -2.14. The van der Waals surface area contributed by atoms with Crippen molar-refractivity contribution in [2.24, 2.45) is 0 Å². The van der Waals surface area contributed by atoms with E-state index in [-0.39, 0.29) is 11.9 Å². The topological polar surface area (TPSA) is 35.5 Å². The molecule has 1 atom stereocenters. The lowest BCUT2D eigenvalue weighted by atomic mass is 9.93. The van der Waals surface area contributed by atoms with Gasteiger partial charge in [0.2, 0.25) is 0 Å². The van der Waals surface area contributed by atoms with Gasteiger partial charge in [0.1, 0.15) is 5.75 Å². The van der Waals surface area contributed by atoms with E-state index in [2.05, 4.69) is 6.92 Å². The molecule has 0 fully saturated rings. The van der Waals surface area contributed by atoms with Gasteiger partial charge in [-0.2, -0.15) is 0 Å². The van der Waals surface area contributed by atoms with E-state index in [9.17, 15) is 4.79 Å². The van der Waals surface area contributed by atoms with Crippen LogP contribution in [0.2, 0.25) is 0 Å². The van der Waals surface area contributed by atoms with Crippen LogP contribution in [0.4, 0.5) is 0 Å². The van der Waals surface area contributed by atoms with Crippen LogP contribution in [0.5, 0.6) is 5.75 Å². The van der Waals surface area contributed by atoms with Crippen molar-refractivity contribution >= 4 is 5.97 Å². The van der Waals surface area contributed by atoms with Crippen LogP contribution in [0.15, 0.2) is 24.3 Å². The molecule has 0 unspecified atom stereocenters. The number of benzene rings is 1. The van der Waals surface area contributed by atoms with Crippen LogP contribution in [-0.4, -0.2) is 20.2 Å². The highest BCUT2D eigenvalue weighted by Crippen LogP contribution is 2.26. The van der Waals surface area contributed by atoms with Gasteiger partial charge in [0.25, 0.3) is 0 Å². The summed E-state index contributed by atoms with van der Waals surface area (Å²) >= 11 is 0. The van der Waals surface area contributed by atoms with Crippen molar-refractivity contribution in [2.75, 3.05) is 14.2 Å². The Labute approximate surface area is 96.4 Å². The smallest absolute Gasteiger partial charge is 0.306 e. The molecule has 0 aromatic heterocycles. The van der Waals surface area contributed by atoms with E-state index in [1.807, 2.05) is 24.3 Å². The third kappa shape index (κ3) is 3.26. The molecular formula is C13H18O3. The number of esters is 1. The molecule has 1 rings (SSSR count). The van der Waals surface area contributed by atoms with Crippen LogP contribution in [-0.2, 0) is 9.53 Å². The number of rotatable bonds is 5. The average Bonchev–Trinajstić information content (AvgIpc) is 2.35. The monoisotopic (exact) mass is 222 g/mol. The maximum atomic E-state index is 11.3. The zero-order valence-corrected chi connectivity index (χ0v) is 10.0. The molecule has 0 radical (unpaired) electrons. The van der Waals surface area contributed by atoms with E-state index in [1.54, 1.807) is 7.11 Å². The number of hydrogen-bond donors (Lipinski definition) is 0. The van der Waals surface area contributed by atoms with E-state index in [0.717, 1.165) is 17.7 Å². The molecule has 0 amide bonds. The first-order valence-corrected chi connectivity index (χ1v) is 5.42. The second kappa shape index (κ2) is 6.16. The Bertz CT molecular complexity index is 347. The van der Waals surface area contributed by atoms with Crippen LogP contribution < -0.4 is 4.74 Å². The molecule has 0 aliphatic heterocycles. The minimum atomic E-state index is -0.172. The summed E-state index contributed by atoms with van der Waals surface area (Å²) in [5.74, 6) is 0.845. The van der Waals surface area contributed by atoms with Gasteiger partial charge in [0.05, 0.1) is 20.6 Å². The first-order valence-electron chi connectivity index (χ1n) is 5.42. The molecule has 0 heterocycles. The molecule has 3 heteroatoms. The number of methoxy groups -OCH3 is 2. The fourth-order valence-electron chi connectivity index (χ4n) is 1.68. The lowest BCUT2D eigenvalue weighted by Crippen LogP contribution is -2.08. The van der Waals surface area contributed by atoms with Gasteiger partial charge in [-0.05, 0) is 30.0 Å². The summed E-state index contributed by atoms with van der Waals surface area (Å²) in [5, 5.41) is 0. The standard InChI is InChI=1S/C13H18O3/c1-4-10(9-13(14)16-3)11-6-5-7-12(8-11)15-2/h5-8,10H,4,9H2,1-3H3/t10-/m0/s1.